The lowest BCUT2D eigenvalue weighted by molar-refractivity contribution is 0.582. The minimum absolute atomic E-state index is 0.157. The van der Waals surface area contributed by atoms with E-state index in [4.69, 9.17) is 11.6 Å². The van der Waals surface area contributed by atoms with Crippen LogP contribution in [0.5, 0.6) is 0 Å². The molecular formula is C10H12ClN3O2S3. The molecule has 2 aromatic rings. The number of sulfonamides is 1. The molecule has 5 nitrogen and oxygen atoms in total. The van der Waals surface area contributed by atoms with Gasteiger partial charge >= 0.3 is 0 Å². The van der Waals surface area contributed by atoms with Gasteiger partial charge < -0.3 is 0 Å². The Morgan fingerprint density at radius 3 is 2.68 bits per heavy atom. The Bertz CT molecular complexity index is 678. The molecule has 0 amide bonds. The molecule has 9 heteroatoms. The summed E-state index contributed by atoms with van der Waals surface area (Å²) in [6.45, 7) is 3.83. The van der Waals surface area contributed by atoms with Crippen molar-refractivity contribution < 1.29 is 8.42 Å². The first kappa shape index (κ1) is 14.9. The minimum Gasteiger partial charge on any atom is -0.248 e. The summed E-state index contributed by atoms with van der Waals surface area (Å²) < 4.78 is 27.1. The topological polar surface area (TPSA) is 72.0 Å². The maximum Gasteiger partial charge on any atom is 0.252 e. The summed E-state index contributed by atoms with van der Waals surface area (Å²) in [6.07, 6.45) is 2.66. The fourth-order valence-electron chi connectivity index (χ4n) is 1.42. The predicted molar refractivity (Wildman–Crippen MR) is 77.4 cm³/mol. The van der Waals surface area contributed by atoms with E-state index in [0.717, 1.165) is 27.6 Å². The van der Waals surface area contributed by atoms with Crippen molar-refractivity contribution in [2.75, 3.05) is 0 Å². The van der Waals surface area contributed by atoms with Gasteiger partial charge in [0, 0.05) is 11.1 Å². The van der Waals surface area contributed by atoms with Crippen LogP contribution in [0.3, 0.4) is 0 Å². The van der Waals surface area contributed by atoms with Crippen molar-refractivity contribution in [3.8, 4) is 0 Å². The maximum atomic E-state index is 12.1. The van der Waals surface area contributed by atoms with Gasteiger partial charge in [0.25, 0.3) is 10.0 Å². The summed E-state index contributed by atoms with van der Waals surface area (Å²) in [7, 11) is -3.58. The van der Waals surface area contributed by atoms with Gasteiger partial charge in [0.2, 0.25) is 0 Å². The highest BCUT2D eigenvalue weighted by Crippen LogP contribution is 2.26. The lowest BCUT2D eigenvalue weighted by atomic mass is 10.4. The molecular weight excluding hydrogens is 326 g/mol. The Morgan fingerprint density at radius 1 is 1.42 bits per heavy atom. The second-order valence-electron chi connectivity index (χ2n) is 3.74. The Hall–Kier alpha value is -0.540. The van der Waals surface area contributed by atoms with Crippen LogP contribution >= 0.6 is 34.3 Å². The number of rotatable bonds is 5. The normalized spacial score (nSPS) is 11.9. The second-order valence-corrected chi connectivity index (χ2v) is 8.48. The van der Waals surface area contributed by atoms with Gasteiger partial charge in [-0.15, -0.1) is 11.3 Å². The quantitative estimate of drug-likeness (QED) is 0.910. The van der Waals surface area contributed by atoms with Crippen molar-refractivity contribution in [1.82, 2.24) is 14.7 Å². The molecule has 1 N–H and O–H groups in total. The van der Waals surface area contributed by atoms with Gasteiger partial charge in [0.1, 0.15) is 5.01 Å². The van der Waals surface area contributed by atoms with Gasteiger partial charge in [-0.3, -0.25) is 0 Å². The van der Waals surface area contributed by atoms with Crippen LogP contribution in [0.1, 0.15) is 22.5 Å². The van der Waals surface area contributed by atoms with Crippen molar-refractivity contribution in [2.45, 2.75) is 31.0 Å². The van der Waals surface area contributed by atoms with Crippen molar-refractivity contribution in [2.24, 2.45) is 0 Å². The lowest BCUT2D eigenvalue weighted by Crippen LogP contribution is -2.22. The van der Waals surface area contributed by atoms with Gasteiger partial charge in [-0.25, -0.2) is 23.1 Å². The molecule has 104 valence electrons. The lowest BCUT2D eigenvalue weighted by Gasteiger charge is -2.02. The summed E-state index contributed by atoms with van der Waals surface area (Å²) in [4.78, 5) is 9.20. The molecule has 2 heterocycles. The van der Waals surface area contributed by atoms with Gasteiger partial charge in [-0.05, 0) is 13.3 Å². The van der Waals surface area contributed by atoms with E-state index in [1.165, 1.54) is 11.3 Å². The van der Waals surface area contributed by atoms with E-state index >= 15 is 0 Å². The summed E-state index contributed by atoms with van der Waals surface area (Å²) in [5, 5.41) is 0.744. The van der Waals surface area contributed by atoms with Gasteiger partial charge in [-0.1, -0.05) is 29.9 Å². The van der Waals surface area contributed by atoms with E-state index in [2.05, 4.69) is 14.7 Å². The molecule has 0 aliphatic carbocycles. The third-order valence-electron chi connectivity index (χ3n) is 2.34. The summed E-state index contributed by atoms with van der Waals surface area (Å²) >= 11 is 8.17. The van der Waals surface area contributed by atoms with Crippen LogP contribution in [0.15, 0.2) is 10.4 Å². The zero-order valence-electron chi connectivity index (χ0n) is 10.3. The smallest absolute Gasteiger partial charge is 0.248 e. The molecule has 0 aliphatic heterocycles. The number of aryl methyl sites for hydroxylation is 2. The van der Waals surface area contributed by atoms with Crippen molar-refractivity contribution in [3.63, 3.8) is 0 Å². The van der Waals surface area contributed by atoms with Crippen LogP contribution in [0.25, 0.3) is 0 Å². The molecule has 2 aromatic heterocycles. The fourth-order valence-corrected chi connectivity index (χ4v) is 5.08. The Balaban J connectivity index is 2.11. The Morgan fingerprint density at radius 2 is 2.16 bits per heavy atom. The van der Waals surface area contributed by atoms with Gasteiger partial charge in [0.15, 0.2) is 8.68 Å². The molecule has 0 spiro atoms. The van der Waals surface area contributed by atoms with E-state index in [-0.39, 0.29) is 15.2 Å². The number of hydrogen-bond acceptors (Lipinski definition) is 6. The van der Waals surface area contributed by atoms with Crippen LogP contribution in [0.4, 0.5) is 0 Å². The van der Waals surface area contributed by atoms with Crippen LogP contribution in [-0.4, -0.2) is 18.4 Å². The van der Waals surface area contributed by atoms with E-state index in [1.54, 1.807) is 13.1 Å². The molecule has 0 fully saturated rings. The van der Waals surface area contributed by atoms with Crippen LogP contribution in [0.2, 0.25) is 4.47 Å². The number of thiazole rings is 2. The van der Waals surface area contributed by atoms with Crippen LogP contribution in [-0.2, 0) is 23.0 Å². The SMILES string of the molecule is CCc1cnc(CNS(=O)(=O)c2sc(Cl)nc2C)s1. The first-order chi connectivity index (χ1) is 8.92. The molecule has 19 heavy (non-hydrogen) atoms. The third kappa shape index (κ3) is 3.51. The number of halogens is 1. The minimum atomic E-state index is -3.58. The highest BCUT2D eigenvalue weighted by atomic mass is 35.5. The van der Waals surface area contributed by atoms with E-state index in [0.29, 0.717) is 5.69 Å². The summed E-state index contributed by atoms with van der Waals surface area (Å²) in [5.74, 6) is 0. The maximum absolute atomic E-state index is 12.1. The standard InChI is InChI=1S/C10H12ClN3O2S3/c1-3-7-4-12-8(17-7)5-13-19(15,16)9-6(2)14-10(11)18-9/h4,13H,3,5H2,1-2H3. The highest BCUT2D eigenvalue weighted by Gasteiger charge is 2.21. The van der Waals surface area contributed by atoms with Gasteiger partial charge in [-0.2, -0.15) is 0 Å². The molecule has 0 atom stereocenters. The largest absolute Gasteiger partial charge is 0.252 e. The number of nitrogens with one attached hydrogen (secondary N) is 1. The van der Waals surface area contributed by atoms with Crippen molar-refractivity contribution >= 4 is 44.3 Å². The molecule has 2 rings (SSSR count). The first-order valence-corrected chi connectivity index (χ1v) is 8.98. The summed E-state index contributed by atoms with van der Waals surface area (Å²) in [6, 6.07) is 0. The van der Waals surface area contributed by atoms with Crippen LogP contribution in [0, 0.1) is 6.92 Å². The zero-order chi connectivity index (χ0) is 14.0. The number of hydrogen-bond donors (Lipinski definition) is 1. The third-order valence-corrected chi connectivity index (χ3v) is 6.75. The van der Waals surface area contributed by atoms with E-state index in [9.17, 15) is 8.42 Å². The van der Waals surface area contributed by atoms with E-state index < -0.39 is 10.0 Å². The predicted octanol–water partition coefficient (Wildman–Crippen LogP) is 2.60. The average Bonchev–Trinajstić information content (AvgIpc) is 2.93. The number of aromatic nitrogens is 2. The molecule has 0 saturated carbocycles. The molecule has 0 radical (unpaired) electrons. The van der Waals surface area contributed by atoms with Crippen LogP contribution < -0.4 is 4.72 Å². The first-order valence-electron chi connectivity index (χ1n) is 5.48. The molecule has 0 aliphatic rings. The molecule has 0 bridgehead atoms. The Labute approximate surface area is 124 Å². The van der Waals surface area contributed by atoms with Crippen molar-refractivity contribution in [3.05, 3.63) is 26.2 Å². The highest BCUT2D eigenvalue weighted by molar-refractivity contribution is 7.91. The molecule has 0 saturated heterocycles. The second kappa shape index (κ2) is 5.84. The summed E-state index contributed by atoms with van der Waals surface area (Å²) in [5.41, 5.74) is 0.413. The van der Waals surface area contributed by atoms with Gasteiger partial charge in [0.05, 0.1) is 12.2 Å². The number of nitrogens with zero attached hydrogens (tertiary/aromatic N) is 2. The van der Waals surface area contributed by atoms with Crippen molar-refractivity contribution in [1.29, 1.82) is 0 Å². The molecule has 0 aromatic carbocycles. The fraction of sp³-hybridized carbons (Fsp3) is 0.400. The zero-order valence-corrected chi connectivity index (χ0v) is 13.5. The average molecular weight is 338 g/mol. The molecule has 0 unspecified atom stereocenters. The Kier molecular flexibility index (Phi) is 4.57. The van der Waals surface area contributed by atoms with E-state index in [1.807, 2.05) is 6.92 Å². The monoisotopic (exact) mass is 337 g/mol.